The molecule has 2 aromatic carbocycles. The lowest BCUT2D eigenvalue weighted by Crippen LogP contribution is -2.44. The molecule has 0 spiro atoms. The van der Waals surface area contributed by atoms with E-state index in [-0.39, 0.29) is 18.6 Å². The maximum absolute atomic E-state index is 12.8. The maximum atomic E-state index is 12.8. The summed E-state index contributed by atoms with van der Waals surface area (Å²) in [6.45, 7) is 3.92. The number of fused-ring (bicyclic) bond motifs is 2. The number of carbonyl (C=O) groups excluding carboxylic acids is 2. The molecule has 5 rings (SSSR count). The summed E-state index contributed by atoms with van der Waals surface area (Å²) in [5.41, 5.74) is 3.03. The number of benzene rings is 2. The fourth-order valence-electron chi connectivity index (χ4n) is 4.43. The minimum absolute atomic E-state index is 0.00155. The van der Waals surface area contributed by atoms with E-state index in [2.05, 4.69) is 23.4 Å². The van der Waals surface area contributed by atoms with Crippen LogP contribution in [-0.4, -0.2) is 45.9 Å². The van der Waals surface area contributed by atoms with Crippen LogP contribution in [0.2, 0.25) is 0 Å². The minimum Gasteiger partial charge on any atom is -0.454 e. The third kappa shape index (κ3) is 3.88. The Bertz CT molecular complexity index is 1170. The van der Waals surface area contributed by atoms with Gasteiger partial charge < -0.3 is 19.7 Å². The average molecular weight is 434 g/mol. The van der Waals surface area contributed by atoms with Crippen LogP contribution in [0.25, 0.3) is 10.9 Å². The van der Waals surface area contributed by atoms with Crippen molar-refractivity contribution >= 4 is 22.7 Å². The second kappa shape index (κ2) is 8.53. The SMILES string of the molecule is Cc1c2ccccc2nn1CCCNC(=O)C1CCC(=O)N1Cc1ccc2c(c1)OCO2. The van der Waals surface area contributed by atoms with Crippen LogP contribution in [0.4, 0.5) is 0 Å². The number of ether oxygens (including phenoxy) is 2. The fraction of sp³-hybridized carbons (Fsp3) is 0.375. The number of amides is 2. The van der Waals surface area contributed by atoms with Crippen LogP contribution in [0.5, 0.6) is 11.5 Å². The normalized spacial score (nSPS) is 17.3. The molecule has 1 unspecified atom stereocenters. The van der Waals surface area contributed by atoms with Gasteiger partial charge in [0.2, 0.25) is 18.6 Å². The lowest BCUT2D eigenvalue weighted by Gasteiger charge is -2.24. The molecule has 2 aliphatic heterocycles. The van der Waals surface area contributed by atoms with E-state index in [0.29, 0.717) is 37.4 Å². The van der Waals surface area contributed by atoms with Gasteiger partial charge in [-0.05, 0) is 43.5 Å². The summed E-state index contributed by atoms with van der Waals surface area (Å²) in [6.07, 6.45) is 1.70. The number of hydrogen-bond acceptors (Lipinski definition) is 5. The Morgan fingerprint density at radius 3 is 2.91 bits per heavy atom. The van der Waals surface area contributed by atoms with Crippen molar-refractivity contribution in [2.45, 2.75) is 45.3 Å². The summed E-state index contributed by atoms with van der Waals surface area (Å²) in [6, 6.07) is 13.3. The highest BCUT2D eigenvalue weighted by atomic mass is 16.7. The first kappa shape index (κ1) is 20.4. The Hall–Kier alpha value is -3.55. The van der Waals surface area contributed by atoms with Gasteiger partial charge >= 0.3 is 0 Å². The molecule has 1 fully saturated rings. The first-order chi connectivity index (χ1) is 15.6. The van der Waals surface area contributed by atoms with E-state index in [1.807, 2.05) is 41.1 Å². The van der Waals surface area contributed by atoms with Gasteiger partial charge in [0.25, 0.3) is 0 Å². The standard InChI is InChI=1S/C24H26N4O4/c1-16-18-5-2-3-6-19(18)26-28(16)12-4-11-25-24(30)20-8-10-23(29)27(20)14-17-7-9-21-22(13-17)32-15-31-21/h2-3,5-7,9,13,20H,4,8,10-12,14-15H2,1H3,(H,25,30). The Morgan fingerprint density at radius 1 is 1.19 bits per heavy atom. The highest BCUT2D eigenvalue weighted by molar-refractivity contribution is 5.90. The maximum Gasteiger partial charge on any atom is 0.242 e. The smallest absolute Gasteiger partial charge is 0.242 e. The summed E-state index contributed by atoms with van der Waals surface area (Å²) in [5, 5.41) is 8.79. The third-order valence-electron chi connectivity index (χ3n) is 6.18. The molecule has 0 radical (unpaired) electrons. The van der Waals surface area contributed by atoms with Crippen molar-refractivity contribution in [3.63, 3.8) is 0 Å². The zero-order valence-corrected chi connectivity index (χ0v) is 18.0. The Balaban J connectivity index is 1.16. The topological polar surface area (TPSA) is 85.7 Å². The number of aryl methyl sites for hydroxylation is 2. The molecule has 2 aliphatic rings. The Kier molecular flexibility index (Phi) is 5.43. The quantitative estimate of drug-likeness (QED) is 0.578. The summed E-state index contributed by atoms with van der Waals surface area (Å²) in [5.74, 6) is 1.29. The van der Waals surface area contributed by atoms with E-state index in [9.17, 15) is 9.59 Å². The van der Waals surface area contributed by atoms with Crippen molar-refractivity contribution in [1.29, 1.82) is 0 Å². The van der Waals surface area contributed by atoms with Gasteiger partial charge in [0.05, 0.1) is 5.52 Å². The molecular weight excluding hydrogens is 408 g/mol. The number of likely N-dealkylation sites (tertiary alicyclic amines) is 1. The third-order valence-corrected chi connectivity index (χ3v) is 6.18. The molecular formula is C24H26N4O4. The predicted octanol–water partition coefficient (Wildman–Crippen LogP) is 2.77. The molecule has 0 bridgehead atoms. The Labute approximate surface area is 186 Å². The average Bonchev–Trinajstić information content (AvgIpc) is 3.49. The zero-order valence-electron chi connectivity index (χ0n) is 18.0. The van der Waals surface area contributed by atoms with E-state index in [0.717, 1.165) is 35.1 Å². The second-order valence-electron chi connectivity index (χ2n) is 8.23. The number of nitrogens with zero attached hydrogens (tertiary/aromatic N) is 3. The largest absolute Gasteiger partial charge is 0.454 e. The van der Waals surface area contributed by atoms with Crippen molar-refractivity contribution in [1.82, 2.24) is 20.0 Å². The second-order valence-corrected chi connectivity index (χ2v) is 8.23. The molecule has 0 saturated carbocycles. The van der Waals surface area contributed by atoms with Gasteiger partial charge in [0.1, 0.15) is 6.04 Å². The summed E-state index contributed by atoms with van der Waals surface area (Å²) >= 11 is 0. The van der Waals surface area contributed by atoms with Gasteiger partial charge in [-0.1, -0.05) is 24.3 Å². The van der Waals surface area contributed by atoms with Gasteiger partial charge in [0, 0.05) is 37.1 Å². The number of nitrogens with one attached hydrogen (secondary N) is 1. The Morgan fingerprint density at radius 2 is 2.03 bits per heavy atom. The molecule has 8 nitrogen and oxygen atoms in total. The van der Waals surface area contributed by atoms with Crippen LogP contribution >= 0.6 is 0 Å². The summed E-state index contributed by atoms with van der Waals surface area (Å²) in [4.78, 5) is 26.9. The van der Waals surface area contributed by atoms with Gasteiger partial charge in [-0.15, -0.1) is 0 Å². The highest BCUT2D eigenvalue weighted by Gasteiger charge is 2.36. The predicted molar refractivity (Wildman–Crippen MR) is 118 cm³/mol. The van der Waals surface area contributed by atoms with Crippen molar-refractivity contribution in [2.75, 3.05) is 13.3 Å². The number of rotatable bonds is 7. The van der Waals surface area contributed by atoms with Crippen LogP contribution in [0, 0.1) is 6.92 Å². The highest BCUT2D eigenvalue weighted by Crippen LogP contribution is 2.33. The lowest BCUT2D eigenvalue weighted by atomic mass is 10.1. The molecule has 32 heavy (non-hydrogen) atoms. The van der Waals surface area contributed by atoms with E-state index in [4.69, 9.17) is 9.47 Å². The first-order valence-electron chi connectivity index (χ1n) is 11.0. The number of carbonyl (C=O) groups is 2. The van der Waals surface area contributed by atoms with Gasteiger partial charge in [-0.2, -0.15) is 5.10 Å². The van der Waals surface area contributed by atoms with Crippen LogP contribution in [0.15, 0.2) is 42.5 Å². The summed E-state index contributed by atoms with van der Waals surface area (Å²) in [7, 11) is 0. The van der Waals surface area contributed by atoms with E-state index in [1.54, 1.807) is 4.90 Å². The van der Waals surface area contributed by atoms with E-state index < -0.39 is 6.04 Å². The molecule has 3 heterocycles. The zero-order chi connectivity index (χ0) is 22.1. The molecule has 3 aromatic rings. The van der Waals surface area contributed by atoms with E-state index in [1.165, 1.54) is 0 Å². The molecule has 8 heteroatoms. The molecule has 2 amide bonds. The molecule has 1 N–H and O–H groups in total. The van der Waals surface area contributed by atoms with Gasteiger partial charge in [-0.3, -0.25) is 14.3 Å². The van der Waals surface area contributed by atoms with Gasteiger partial charge in [0.15, 0.2) is 11.5 Å². The first-order valence-corrected chi connectivity index (χ1v) is 11.0. The monoisotopic (exact) mass is 434 g/mol. The fourth-order valence-corrected chi connectivity index (χ4v) is 4.43. The van der Waals surface area contributed by atoms with Gasteiger partial charge in [-0.25, -0.2) is 0 Å². The molecule has 0 aliphatic carbocycles. The molecule has 1 aromatic heterocycles. The summed E-state index contributed by atoms with van der Waals surface area (Å²) < 4.78 is 12.8. The number of hydrogen-bond donors (Lipinski definition) is 1. The molecule has 1 saturated heterocycles. The molecule has 166 valence electrons. The van der Waals surface area contributed by atoms with Crippen molar-refractivity contribution < 1.29 is 19.1 Å². The van der Waals surface area contributed by atoms with Crippen LogP contribution in [0.1, 0.15) is 30.5 Å². The van der Waals surface area contributed by atoms with Crippen molar-refractivity contribution in [3.8, 4) is 11.5 Å². The van der Waals surface area contributed by atoms with E-state index >= 15 is 0 Å². The minimum atomic E-state index is -0.443. The molecule has 1 atom stereocenters. The van der Waals surface area contributed by atoms with Crippen molar-refractivity contribution in [3.05, 3.63) is 53.7 Å². The number of aromatic nitrogens is 2. The van der Waals surface area contributed by atoms with Crippen LogP contribution < -0.4 is 14.8 Å². The van der Waals surface area contributed by atoms with Crippen LogP contribution in [0.3, 0.4) is 0 Å². The van der Waals surface area contributed by atoms with Crippen LogP contribution in [-0.2, 0) is 22.7 Å². The van der Waals surface area contributed by atoms with Crippen molar-refractivity contribution in [2.24, 2.45) is 0 Å². The lowest BCUT2D eigenvalue weighted by molar-refractivity contribution is -0.135.